The minimum absolute atomic E-state index is 0.350. The number of aldehydes is 1. The number of hydrogen-bond acceptors (Lipinski definition) is 2. The number of ether oxygens (including phenoxy) is 1. The van der Waals surface area contributed by atoms with Gasteiger partial charge in [-0.1, -0.05) is 121 Å². The molecule has 30 heavy (non-hydrogen) atoms. The van der Waals surface area contributed by atoms with E-state index < -0.39 is 6.89 Å². The lowest BCUT2D eigenvalue weighted by Gasteiger charge is -2.30. The summed E-state index contributed by atoms with van der Waals surface area (Å²) in [5.74, 6) is 0. The SMILES string of the molecule is O=CC(OCc1ccccc1)=P(c1ccccc1)(c1ccccc1)c1ccccc1. The van der Waals surface area contributed by atoms with Gasteiger partial charge in [-0.15, -0.1) is 0 Å². The summed E-state index contributed by atoms with van der Waals surface area (Å²) in [6, 6.07) is 40.7. The predicted molar refractivity (Wildman–Crippen MR) is 127 cm³/mol. The Morgan fingerprint density at radius 2 is 0.967 bits per heavy atom. The van der Waals surface area contributed by atoms with Gasteiger partial charge in [0.05, 0.1) is 6.61 Å². The molecule has 0 amide bonds. The van der Waals surface area contributed by atoms with Crippen LogP contribution >= 0.6 is 6.89 Å². The lowest BCUT2D eigenvalue weighted by Crippen LogP contribution is -2.32. The maximum atomic E-state index is 12.6. The van der Waals surface area contributed by atoms with Crippen molar-refractivity contribution >= 4 is 34.6 Å². The largest absolute Gasteiger partial charge is 0.337 e. The monoisotopic (exact) mass is 410 g/mol. The van der Waals surface area contributed by atoms with Gasteiger partial charge >= 0.3 is 0 Å². The fourth-order valence-electron chi connectivity index (χ4n) is 3.73. The summed E-state index contributed by atoms with van der Waals surface area (Å²) in [5, 5.41) is 3.28. The molecule has 0 radical (unpaired) electrons. The third-order valence-electron chi connectivity index (χ3n) is 5.09. The molecule has 4 aromatic carbocycles. The Hall–Kier alpha value is -3.19. The Morgan fingerprint density at radius 1 is 0.600 bits per heavy atom. The molecule has 0 spiro atoms. The number of carbonyl (C=O) groups excluding carboxylic acids is 1. The van der Waals surface area contributed by atoms with E-state index in [-0.39, 0.29) is 0 Å². The van der Waals surface area contributed by atoms with E-state index >= 15 is 0 Å². The Balaban J connectivity index is 2.02. The molecular weight excluding hydrogens is 387 g/mol. The van der Waals surface area contributed by atoms with Crippen LogP contribution in [0.15, 0.2) is 121 Å². The molecule has 0 heterocycles. The standard InChI is InChI=1S/C27H23O2P/c28-21-27(29-22-23-13-5-1-6-14-23)30(24-15-7-2-8-16-24,25-17-9-3-10-18-25)26-19-11-4-12-20-26/h1-21H,22H2. The van der Waals surface area contributed by atoms with Crippen LogP contribution in [0.25, 0.3) is 0 Å². The molecule has 0 atom stereocenters. The van der Waals surface area contributed by atoms with Crippen LogP contribution in [0.3, 0.4) is 0 Å². The maximum absolute atomic E-state index is 12.6. The third-order valence-corrected chi connectivity index (χ3v) is 9.21. The molecule has 0 fully saturated rings. The van der Waals surface area contributed by atoms with E-state index in [2.05, 4.69) is 36.4 Å². The van der Waals surface area contributed by atoms with Crippen LogP contribution in [0.4, 0.5) is 0 Å². The minimum atomic E-state index is -2.47. The van der Waals surface area contributed by atoms with E-state index in [0.29, 0.717) is 12.1 Å². The molecule has 0 bridgehead atoms. The molecule has 0 aromatic heterocycles. The summed E-state index contributed by atoms with van der Waals surface area (Å²) in [6.45, 7) is -2.12. The fraction of sp³-hybridized carbons (Fsp3) is 0.0370. The van der Waals surface area contributed by atoms with Crippen LogP contribution < -0.4 is 15.9 Å². The second-order valence-electron chi connectivity index (χ2n) is 6.91. The number of carbonyl (C=O) groups is 1. The summed E-state index contributed by atoms with van der Waals surface area (Å²) in [4.78, 5) is 12.6. The van der Waals surface area contributed by atoms with Crippen molar-refractivity contribution in [1.82, 2.24) is 0 Å². The van der Waals surface area contributed by atoms with Crippen molar-refractivity contribution in [3.8, 4) is 0 Å². The van der Waals surface area contributed by atoms with Gasteiger partial charge in [0.1, 0.15) is 5.48 Å². The molecule has 4 rings (SSSR count). The Morgan fingerprint density at radius 3 is 1.33 bits per heavy atom. The average Bonchev–Trinajstić information content (AvgIpc) is 2.84. The average molecular weight is 410 g/mol. The summed E-state index contributed by atoms with van der Waals surface area (Å²) >= 11 is 0. The minimum Gasteiger partial charge on any atom is -0.337 e. The van der Waals surface area contributed by atoms with Crippen molar-refractivity contribution in [2.75, 3.05) is 0 Å². The zero-order chi connectivity index (χ0) is 20.7. The van der Waals surface area contributed by atoms with Gasteiger partial charge < -0.3 is 4.74 Å². The number of benzene rings is 4. The predicted octanol–water partition coefficient (Wildman–Crippen LogP) is 4.53. The molecule has 0 aliphatic carbocycles. The van der Waals surface area contributed by atoms with E-state index in [0.717, 1.165) is 27.8 Å². The Labute approximate surface area is 177 Å². The van der Waals surface area contributed by atoms with E-state index in [9.17, 15) is 4.79 Å². The summed E-state index contributed by atoms with van der Waals surface area (Å²) < 4.78 is 6.30. The Bertz CT molecular complexity index is 1040. The first-order chi connectivity index (χ1) is 14.9. The second-order valence-corrected chi connectivity index (χ2v) is 10.2. The lowest BCUT2D eigenvalue weighted by atomic mass is 10.2. The highest BCUT2D eigenvalue weighted by atomic mass is 31.2. The van der Waals surface area contributed by atoms with Crippen LogP contribution in [0.1, 0.15) is 5.56 Å². The van der Waals surface area contributed by atoms with Gasteiger partial charge in [0.15, 0.2) is 6.29 Å². The van der Waals surface area contributed by atoms with Crippen molar-refractivity contribution in [1.29, 1.82) is 0 Å². The quantitative estimate of drug-likeness (QED) is 0.331. The molecule has 4 aromatic rings. The van der Waals surface area contributed by atoms with Crippen molar-refractivity contribution in [3.05, 3.63) is 127 Å². The van der Waals surface area contributed by atoms with Crippen LogP contribution in [-0.2, 0) is 16.1 Å². The molecule has 0 saturated carbocycles. The fourth-order valence-corrected chi connectivity index (χ4v) is 7.66. The molecule has 0 aliphatic heterocycles. The molecule has 148 valence electrons. The molecule has 2 nitrogen and oxygen atoms in total. The second kappa shape index (κ2) is 9.54. The highest BCUT2D eigenvalue weighted by Crippen LogP contribution is 2.46. The molecule has 0 aliphatic rings. The maximum Gasteiger partial charge on any atom is 0.173 e. The first-order valence-corrected chi connectivity index (χ1v) is 11.7. The molecule has 3 heteroatoms. The highest BCUT2D eigenvalue weighted by molar-refractivity contribution is 7.96. The Kier molecular flexibility index (Phi) is 6.39. The number of hydrogen-bond donors (Lipinski definition) is 0. The van der Waals surface area contributed by atoms with Gasteiger partial charge in [0, 0.05) is 6.89 Å². The molecule has 0 N–H and O–H groups in total. The van der Waals surface area contributed by atoms with Crippen molar-refractivity contribution in [2.24, 2.45) is 0 Å². The lowest BCUT2D eigenvalue weighted by molar-refractivity contribution is -0.103. The van der Waals surface area contributed by atoms with Crippen LogP contribution in [0.5, 0.6) is 0 Å². The molecule has 0 saturated heterocycles. The van der Waals surface area contributed by atoms with Gasteiger partial charge in [0.2, 0.25) is 0 Å². The summed E-state index contributed by atoms with van der Waals surface area (Å²) in [7, 11) is 0. The van der Waals surface area contributed by atoms with E-state index in [1.165, 1.54) is 0 Å². The van der Waals surface area contributed by atoms with Gasteiger partial charge in [-0.05, 0) is 21.5 Å². The zero-order valence-electron chi connectivity index (χ0n) is 16.6. The van der Waals surface area contributed by atoms with Crippen LogP contribution in [0.2, 0.25) is 0 Å². The van der Waals surface area contributed by atoms with Crippen molar-refractivity contribution in [2.45, 2.75) is 6.61 Å². The van der Waals surface area contributed by atoms with Gasteiger partial charge in [-0.3, -0.25) is 4.79 Å². The van der Waals surface area contributed by atoms with E-state index in [4.69, 9.17) is 4.74 Å². The highest BCUT2D eigenvalue weighted by Gasteiger charge is 2.30. The van der Waals surface area contributed by atoms with Crippen molar-refractivity contribution in [3.63, 3.8) is 0 Å². The first kappa shape index (κ1) is 20.1. The number of rotatable bonds is 7. The topological polar surface area (TPSA) is 26.3 Å². The normalized spacial score (nSPS) is 11.1. The third kappa shape index (κ3) is 3.93. The molecular formula is C27H23O2P. The first-order valence-electron chi connectivity index (χ1n) is 9.91. The van der Waals surface area contributed by atoms with E-state index in [1.54, 1.807) is 0 Å². The zero-order valence-corrected chi connectivity index (χ0v) is 17.5. The smallest absolute Gasteiger partial charge is 0.173 e. The van der Waals surface area contributed by atoms with Crippen LogP contribution in [0, 0.1) is 0 Å². The van der Waals surface area contributed by atoms with Gasteiger partial charge in [-0.2, -0.15) is 0 Å². The van der Waals surface area contributed by atoms with Crippen LogP contribution in [-0.4, -0.2) is 11.8 Å². The van der Waals surface area contributed by atoms with E-state index in [1.807, 2.05) is 84.9 Å². The van der Waals surface area contributed by atoms with Crippen molar-refractivity contribution < 1.29 is 9.53 Å². The van der Waals surface area contributed by atoms with Gasteiger partial charge in [-0.25, -0.2) is 0 Å². The summed E-state index contributed by atoms with van der Waals surface area (Å²) in [6.07, 6.45) is 0.906. The summed E-state index contributed by atoms with van der Waals surface area (Å²) in [5.41, 5.74) is 1.51. The van der Waals surface area contributed by atoms with Gasteiger partial charge in [0.25, 0.3) is 0 Å². The molecule has 0 unspecified atom stereocenters.